The number of methoxy groups -OCH3 is 1. The fourth-order valence-corrected chi connectivity index (χ4v) is 4.03. The van der Waals surface area contributed by atoms with E-state index in [0.29, 0.717) is 17.4 Å². The van der Waals surface area contributed by atoms with E-state index in [0.717, 1.165) is 28.0 Å². The van der Waals surface area contributed by atoms with Gasteiger partial charge in [-0.15, -0.1) is 18.2 Å². The zero-order valence-corrected chi connectivity index (χ0v) is 15.0. The molecule has 0 fully saturated rings. The Hall–Kier alpha value is -1.80. The van der Waals surface area contributed by atoms with Crippen molar-refractivity contribution in [1.82, 2.24) is 0 Å². The van der Waals surface area contributed by atoms with Crippen molar-refractivity contribution >= 4 is 11.6 Å². The summed E-state index contributed by atoms with van der Waals surface area (Å²) in [6, 6.07) is 9.25. The molecule has 0 aromatic heterocycles. The van der Waals surface area contributed by atoms with Crippen LogP contribution in [0.2, 0.25) is 0 Å². The molecule has 0 N–H and O–H groups in total. The fourth-order valence-electron chi connectivity index (χ4n) is 3.86. The summed E-state index contributed by atoms with van der Waals surface area (Å²) in [5.74, 6) is 1.55. The molecule has 2 unspecified atom stereocenters. The van der Waals surface area contributed by atoms with E-state index in [4.69, 9.17) is 16.3 Å². The molecule has 0 heterocycles. The van der Waals surface area contributed by atoms with Crippen LogP contribution in [0.3, 0.4) is 0 Å². The number of rotatable bonds is 5. The molecule has 0 spiro atoms. The van der Waals surface area contributed by atoms with Gasteiger partial charge in [0.15, 0.2) is 0 Å². The molecule has 1 aliphatic rings. The molecule has 0 amide bonds. The van der Waals surface area contributed by atoms with E-state index < -0.39 is 0 Å². The lowest BCUT2D eigenvalue weighted by Crippen LogP contribution is -2.16. The predicted molar refractivity (Wildman–Crippen MR) is 98.3 cm³/mol. The van der Waals surface area contributed by atoms with Gasteiger partial charge in [0.25, 0.3) is 0 Å². The lowest BCUT2D eigenvalue weighted by Gasteiger charge is -2.27. The minimum absolute atomic E-state index is 0.0290. The Morgan fingerprint density at radius 1 is 1.29 bits per heavy atom. The Labute approximate surface area is 148 Å². The lowest BCUT2D eigenvalue weighted by atomic mass is 9.77. The zero-order chi connectivity index (χ0) is 17.4. The van der Waals surface area contributed by atoms with Crippen LogP contribution in [0, 0.1) is 17.7 Å². The molecule has 0 radical (unpaired) electrons. The standard InChI is InChI=1S/C21H22ClFO/c1-5-14(12(2)3)19-16-10-13(11-22)6-7-15(16)20-17(23)8-9-18(24-4)21(19)20/h5-10,12,14,19H,1,11H2,2-4H3. The van der Waals surface area contributed by atoms with Gasteiger partial charge in [-0.2, -0.15) is 0 Å². The van der Waals surface area contributed by atoms with Crippen molar-refractivity contribution in [3.05, 3.63) is 65.5 Å². The molecule has 126 valence electrons. The van der Waals surface area contributed by atoms with Gasteiger partial charge in [0.1, 0.15) is 11.6 Å². The molecule has 2 aromatic rings. The number of alkyl halides is 1. The molecule has 1 nitrogen and oxygen atoms in total. The first-order chi connectivity index (χ1) is 11.5. The van der Waals surface area contributed by atoms with Gasteiger partial charge < -0.3 is 4.74 Å². The topological polar surface area (TPSA) is 9.23 Å². The summed E-state index contributed by atoms with van der Waals surface area (Å²) in [6.45, 7) is 8.37. The molecule has 0 aliphatic heterocycles. The highest BCUT2D eigenvalue weighted by Gasteiger charge is 2.38. The first-order valence-corrected chi connectivity index (χ1v) is 8.75. The van der Waals surface area contributed by atoms with Crippen molar-refractivity contribution in [2.24, 2.45) is 11.8 Å². The number of ether oxygens (including phenoxy) is 1. The summed E-state index contributed by atoms with van der Waals surface area (Å²) < 4.78 is 20.3. The second kappa shape index (κ2) is 6.60. The van der Waals surface area contributed by atoms with Crippen LogP contribution in [-0.4, -0.2) is 7.11 Å². The zero-order valence-electron chi connectivity index (χ0n) is 14.3. The SMILES string of the molecule is C=CC(C(C)C)C1c2cc(CCl)ccc2-c2c(F)ccc(OC)c21. The van der Waals surface area contributed by atoms with Crippen molar-refractivity contribution in [3.8, 4) is 16.9 Å². The summed E-state index contributed by atoms with van der Waals surface area (Å²) in [6.07, 6.45) is 1.98. The van der Waals surface area contributed by atoms with Crippen LogP contribution in [0.1, 0.15) is 36.5 Å². The smallest absolute Gasteiger partial charge is 0.131 e. The summed E-state index contributed by atoms with van der Waals surface area (Å²) in [7, 11) is 1.63. The third-order valence-corrected chi connectivity index (χ3v) is 5.30. The third-order valence-electron chi connectivity index (χ3n) is 4.99. The van der Waals surface area contributed by atoms with Gasteiger partial charge in [-0.1, -0.05) is 38.1 Å². The van der Waals surface area contributed by atoms with E-state index in [1.54, 1.807) is 13.2 Å². The van der Waals surface area contributed by atoms with Crippen molar-refractivity contribution in [3.63, 3.8) is 0 Å². The average Bonchev–Trinajstić information content (AvgIpc) is 2.91. The highest BCUT2D eigenvalue weighted by molar-refractivity contribution is 6.17. The molecule has 2 aromatic carbocycles. The van der Waals surface area contributed by atoms with Crippen molar-refractivity contribution in [2.45, 2.75) is 25.6 Å². The summed E-state index contributed by atoms with van der Waals surface area (Å²) in [5, 5.41) is 0. The van der Waals surface area contributed by atoms with Gasteiger partial charge in [-0.3, -0.25) is 0 Å². The van der Waals surface area contributed by atoms with Crippen LogP contribution < -0.4 is 4.74 Å². The number of fused-ring (bicyclic) bond motifs is 3. The van der Waals surface area contributed by atoms with Crippen LogP contribution in [0.25, 0.3) is 11.1 Å². The minimum atomic E-state index is -0.209. The Morgan fingerprint density at radius 3 is 2.62 bits per heavy atom. The minimum Gasteiger partial charge on any atom is -0.496 e. The third kappa shape index (κ3) is 2.53. The second-order valence-corrected chi connectivity index (χ2v) is 6.90. The average molecular weight is 345 g/mol. The van der Waals surface area contributed by atoms with Gasteiger partial charge in [0, 0.05) is 22.9 Å². The normalized spacial score (nSPS) is 16.7. The Bertz CT molecular complexity index is 782. The lowest BCUT2D eigenvalue weighted by molar-refractivity contribution is 0.386. The number of halogens is 2. The summed E-state index contributed by atoms with van der Waals surface area (Å²) in [4.78, 5) is 0. The van der Waals surface area contributed by atoms with Crippen LogP contribution in [0.15, 0.2) is 43.0 Å². The molecule has 3 heteroatoms. The van der Waals surface area contributed by atoms with Crippen molar-refractivity contribution in [1.29, 1.82) is 0 Å². The number of benzene rings is 2. The van der Waals surface area contributed by atoms with Gasteiger partial charge in [-0.05, 0) is 40.7 Å². The van der Waals surface area contributed by atoms with E-state index in [2.05, 4.69) is 26.5 Å². The van der Waals surface area contributed by atoms with Crippen LogP contribution >= 0.6 is 11.6 Å². The van der Waals surface area contributed by atoms with E-state index in [1.165, 1.54) is 6.07 Å². The Kier molecular flexibility index (Phi) is 4.69. The predicted octanol–water partition coefficient (Wildman–Crippen LogP) is 6.14. The quantitative estimate of drug-likeness (QED) is 0.467. The number of hydrogen-bond donors (Lipinski definition) is 0. The first-order valence-electron chi connectivity index (χ1n) is 8.21. The first kappa shape index (κ1) is 17.0. The van der Waals surface area contributed by atoms with E-state index in [-0.39, 0.29) is 17.7 Å². The second-order valence-electron chi connectivity index (χ2n) is 6.63. The van der Waals surface area contributed by atoms with Gasteiger partial charge in [0.2, 0.25) is 0 Å². The molecule has 2 atom stereocenters. The van der Waals surface area contributed by atoms with Crippen LogP contribution in [0.4, 0.5) is 4.39 Å². The Balaban J connectivity index is 2.34. The molecular formula is C21H22ClFO. The molecule has 24 heavy (non-hydrogen) atoms. The van der Waals surface area contributed by atoms with Gasteiger partial charge >= 0.3 is 0 Å². The van der Waals surface area contributed by atoms with E-state index in [1.807, 2.05) is 18.2 Å². The molecule has 3 rings (SSSR count). The monoisotopic (exact) mass is 344 g/mol. The van der Waals surface area contributed by atoms with Crippen LogP contribution in [-0.2, 0) is 5.88 Å². The maximum absolute atomic E-state index is 14.7. The summed E-state index contributed by atoms with van der Waals surface area (Å²) in [5.41, 5.74) is 4.68. The maximum Gasteiger partial charge on any atom is 0.131 e. The highest BCUT2D eigenvalue weighted by atomic mass is 35.5. The van der Waals surface area contributed by atoms with E-state index in [9.17, 15) is 4.39 Å². The highest BCUT2D eigenvalue weighted by Crippen LogP contribution is 2.54. The van der Waals surface area contributed by atoms with Gasteiger partial charge in [0.05, 0.1) is 7.11 Å². The molecule has 0 bridgehead atoms. The molecule has 0 saturated carbocycles. The largest absolute Gasteiger partial charge is 0.496 e. The molecular weight excluding hydrogens is 323 g/mol. The number of hydrogen-bond acceptors (Lipinski definition) is 1. The number of allylic oxidation sites excluding steroid dienone is 1. The molecule has 1 aliphatic carbocycles. The maximum atomic E-state index is 14.7. The summed E-state index contributed by atoms with van der Waals surface area (Å²) >= 11 is 6.03. The van der Waals surface area contributed by atoms with Gasteiger partial charge in [-0.25, -0.2) is 4.39 Å². The van der Waals surface area contributed by atoms with Crippen LogP contribution in [0.5, 0.6) is 5.75 Å². The molecule has 0 saturated heterocycles. The van der Waals surface area contributed by atoms with Crippen molar-refractivity contribution in [2.75, 3.05) is 7.11 Å². The Morgan fingerprint density at radius 2 is 2.04 bits per heavy atom. The van der Waals surface area contributed by atoms with E-state index >= 15 is 0 Å². The fraction of sp³-hybridized carbons (Fsp3) is 0.333. The van der Waals surface area contributed by atoms with Crippen molar-refractivity contribution < 1.29 is 9.13 Å².